The number of anilines is 1. The van der Waals surface area contributed by atoms with Gasteiger partial charge in [0.15, 0.2) is 5.13 Å². The van der Waals surface area contributed by atoms with Gasteiger partial charge in [-0.2, -0.15) is 0 Å². The molecule has 0 radical (unpaired) electrons. The van der Waals surface area contributed by atoms with Crippen LogP contribution >= 0.6 is 27.3 Å². The summed E-state index contributed by atoms with van der Waals surface area (Å²) in [5.74, 6) is -0.537. The number of fused-ring (bicyclic) bond motifs is 1. The molecule has 8 heteroatoms. The Morgan fingerprint density at radius 1 is 1.00 bits per heavy atom. The first-order valence-corrected chi connectivity index (χ1v) is 12.6. The molecule has 6 nitrogen and oxygen atoms in total. The smallest absolute Gasteiger partial charge is 0.261 e. The van der Waals surface area contributed by atoms with Crippen LogP contribution in [-0.2, 0) is 11.2 Å². The Morgan fingerprint density at radius 2 is 1.67 bits per heavy atom. The van der Waals surface area contributed by atoms with E-state index in [1.165, 1.54) is 16.2 Å². The molecule has 3 aromatic rings. The second-order valence-corrected chi connectivity index (χ2v) is 9.82. The van der Waals surface area contributed by atoms with Crippen LogP contribution < -0.4 is 5.32 Å². The Balaban J connectivity index is 1.24. The Morgan fingerprint density at radius 3 is 2.30 bits per heavy atom. The number of hydrogen-bond acceptors (Lipinski definition) is 5. The molecular weight excluding hydrogens is 502 g/mol. The number of imide groups is 1. The van der Waals surface area contributed by atoms with Crippen molar-refractivity contribution in [3.05, 3.63) is 69.0 Å². The summed E-state index contributed by atoms with van der Waals surface area (Å²) >= 11 is 4.95. The third kappa shape index (κ3) is 5.23. The van der Waals surface area contributed by atoms with Gasteiger partial charge in [-0.1, -0.05) is 53.5 Å². The summed E-state index contributed by atoms with van der Waals surface area (Å²) in [5.41, 5.74) is 2.88. The highest BCUT2D eigenvalue weighted by molar-refractivity contribution is 9.10. The second kappa shape index (κ2) is 10.4. The molecular formula is C25H24BrN3O3S. The lowest BCUT2D eigenvalue weighted by Crippen LogP contribution is -2.30. The molecule has 1 aromatic heterocycles. The summed E-state index contributed by atoms with van der Waals surface area (Å²) in [4.78, 5) is 44.3. The minimum Gasteiger partial charge on any atom is -0.302 e. The molecule has 0 fully saturated rings. The van der Waals surface area contributed by atoms with Gasteiger partial charge in [0.25, 0.3) is 11.8 Å². The van der Waals surface area contributed by atoms with Gasteiger partial charge in [0.2, 0.25) is 5.91 Å². The molecule has 0 saturated carbocycles. The van der Waals surface area contributed by atoms with Crippen LogP contribution in [0.5, 0.6) is 0 Å². The minimum atomic E-state index is -0.231. The number of rotatable bonds is 9. The van der Waals surface area contributed by atoms with E-state index in [1.54, 1.807) is 24.3 Å². The number of nitrogens with one attached hydrogen (secondary N) is 1. The highest BCUT2D eigenvalue weighted by atomic mass is 79.9. The normalized spacial score (nSPS) is 12.8. The number of carbonyl (C=O) groups is 3. The lowest BCUT2D eigenvalue weighted by Gasteiger charge is -2.13. The Hall–Kier alpha value is -2.84. The van der Waals surface area contributed by atoms with Crippen molar-refractivity contribution in [2.24, 2.45) is 0 Å². The predicted molar refractivity (Wildman–Crippen MR) is 134 cm³/mol. The first-order chi connectivity index (χ1) is 16.0. The lowest BCUT2D eigenvalue weighted by atomic mass is 10.1. The monoisotopic (exact) mass is 525 g/mol. The highest BCUT2D eigenvalue weighted by Gasteiger charge is 2.34. The van der Waals surface area contributed by atoms with Gasteiger partial charge in [-0.25, -0.2) is 4.98 Å². The average molecular weight is 526 g/mol. The van der Waals surface area contributed by atoms with Crippen LogP contribution in [0.1, 0.15) is 58.2 Å². The molecule has 33 heavy (non-hydrogen) atoms. The van der Waals surface area contributed by atoms with E-state index < -0.39 is 0 Å². The minimum absolute atomic E-state index is 0.0745. The largest absolute Gasteiger partial charge is 0.302 e. The summed E-state index contributed by atoms with van der Waals surface area (Å²) in [5, 5.41) is 3.53. The third-order valence-electron chi connectivity index (χ3n) is 5.55. The topological polar surface area (TPSA) is 79.4 Å². The van der Waals surface area contributed by atoms with Crippen molar-refractivity contribution in [1.82, 2.24) is 9.88 Å². The highest BCUT2D eigenvalue weighted by Crippen LogP contribution is 2.32. The summed E-state index contributed by atoms with van der Waals surface area (Å²) in [6, 6.07) is 14.9. The van der Waals surface area contributed by atoms with Gasteiger partial charge in [0.05, 0.1) is 16.8 Å². The van der Waals surface area contributed by atoms with Crippen molar-refractivity contribution in [2.75, 3.05) is 11.9 Å². The van der Waals surface area contributed by atoms with E-state index in [2.05, 4.69) is 33.2 Å². The fourth-order valence-corrected chi connectivity index (χ4v) is 5.04. The maximum absolute atomic E-state index is 12.4. The maximum atomic E-state index is 12.4. The van der Waals surface area contributed by atoms with E-state index >= 15 is 0 Å². The van der Waals surface area contributed by atoms with Crippen molar-refractivity contribution in [1.29, 1.82) is 0 Å². The van der Waals surface area contributed by atoms with Crippen LogP contribution in [0.2, 0.25) is 0 Å². The van der Waals surface area contributed by atoms with Crippen LogP contribution in [0.4, 0.5) is 5.13 Å². The van der Waals surface area contributed by atoms with Crippen LogP contribution in [0, 0.1) is 0 Å². The number of aromatic nitrogens is 1. The van der Waals surface area contributed by atoms with E-state index in [0.29, 0.717) is 42.1 Å². The van der Waals surface area contributed by atoms with Crippen molar-refractivity contribution in [3.63, 3.8) is 0 Å². The molecule has 0 aliphatic carbocycles. The number of carbonyl (C=O) groups excluding carboxylic acids is 3. The van der Waals surface area contributed by atoms with Crippen LogP contribution in [-0.4, -0.2) is 34.2 Å². The molecule has 0 atom stereocenters. The van der Waals surface area contributed by atoms with Crippen molar-refractivity contribution >= 4 is 50.1 Å². The molecule has 4 rings (SSSR count). The number of nitrogens with zero attached hydrogens (tertiary/aromatic N) is 2. The standard InChI is InChI=1S/C25H24BrN3O3S/c1-2-20-22(16-11-13-17(26)14-12-16)28-25(33-20)27-21(30)10-4-3-7-15-29-23(31)18-8-5-6-9-19(18)24(29)32/h5-6,8-9,11-14H,2-4,7,10,15H2,1H3,(H,27,28,30). The molecule has 0 bridgehead atoms. The zero-order valence-corrected chi connectivity index (χ0v) is 20.7. The van der Waals surface area contributed by atoms with Crippen LogP contribution in [0.3, 0.4) is 0 Å². The van der Waals surface area contributed by atoms with Crippen molar-refractivity contribution in [2.45, 2.75) is 39.0 Å². The molecule has 0 spiro atoms. The zero-order chi connectivity index (χ0) is 23.4. The van der Waals surface area contributed by atoms with Gasteiger partial charge >= 0.3 is 0 Å². The number of benzene rings is 2. The Kier molecular flexibility index (Phi) is 7.35. The van der Waals surface area contributed by atoms with E-state index in [0.717, 1.165) is 33.4 Å². The molecule has 1 N–H and O–H groups in total. The fraction of sp³-hybridized carbons (Fsp3) is 0.280. The molecule has 170 valence electrons. The van der Waals surface area contributed by atoms with Gasteiger partial charge < -0.3 is 5.32 Å². The van der Waals surface area contributed by atoms with Gasteiger partial charge in [0, 0.05) is 27.9 Å². The molecule has 0 unspecified atom stereocenters. The van der Waals surface area contributed by atoms with E-state index in [-0.39, 0.29) is 17.7 Å². The number of aryl methyl sites for hydroxylation is 1. The predicted octanol–water partition coefficient (Wildman–Crippen LogP) is 5.93. The number of unbranched alkanes of at least 4 members (excludes halogenated alkanes) is 2. The summed E-state index contributed by atoms with van der Waals surface area (Å²) < 4.78 is 1.01. The first-order valence-electron chi connectivity index (χ1n) is 11.0. The maximum Gasteiger partial charge on any atom is 0.261 e. The quantitative estimate of drug-likeness (QED) is 0.277. The zero-order valence-electron chi connectivity index (χ0n) is 18.3. The SMILES string of the molecule is CCc1sc(NC(=O)CCCCCN2C(=O)c3ccccc3C2=O)nc1-c1ccc(Br)cc1. The molecule has 1 aliphatic rings. The molecule has 1 aliphatic heterocycles. The van der Waals surface area contributed by atoms with Crippen molar-refractivity contribution in [3.8, 4) is 11.3 Å². The summed E-state index contributed by atoms with van der Waals surface area (Å²) in [6.45, 7) is 2.45. The second-order valence-electron chi connectivity index (χ2n) is 7.82. The molecule has 3 amide bonds. The number of thiazole rings is 1. The van der Waals surface area contributed by atoms with Gasteiger partial charge in [0.1, 0.15) is 0 Å². The molecule has 0 saturated heterocycles. The van der Waals surface area contributed by atoms with E-state index in [9.17, 15) is 14.4 Å². The Bertz CT molecular complexity index is 1150. The Labute approximate surface area is 205 Å². The van der Waals surface area contributed by atoms with Crippen LogP contribution in [0.15, 0.2) is 53.0 Å². The van der Waals surface area contributed by atoms with Gasteiger partial charge in [-0.15, -0.1) is 11.3 Å². The lowest BCUT2D eigenvalue weighted by molar-refractivity contribution is -0.116. The average Bonchev–Trinajstić information content (AvgIpc) is 3.33. The summed E-state index contributed by atoms with van der Waals surface area (Å²) in [7, 11) is 0. The van der Waals surface area contributed by atoms with E-state index in [4.69, 9.17) is 0 Å². The van der Waals surface area contributed by atoms with Gasteiger partial charge in [-0.3, -0.25) is 19.3 Å². The van der Waals surface area contributed by atoms with Crippen molar-refractivity contribution < 1.29 is 14.4 Å². The van der Waals surface area contributed by atoms with E-state index in [1.807, 2.05) is 24.3 Å². The van der Waals surface area contributed by atoms with Crippen LogP contribution in [0.25, 0.3) is 11.3 Å². The molecule has 2 heterocycles. The number of halogens is 1. The fourth-order valence-electron chi connectivity index (χ4n) is 3.83. The summed E-state index contributed by atoms with van der Waals surface area (Å²) in [6.07, 6.45) is 3.32. The number of hydrogen-bond donors (Lipinski definition) is 1. The molecule has 2 aromatic carbocycles. The third-order valence-corrected chi connectivity index (χ3v) is 7.19. The van der Waals surface area contributed by atoms with Gasteiger partial charge in [-0.05, 0) is 43.5 Å². The first kappa shape index (κ1) is 23.3. The number of amides is 3.